The third-order valence-corrected chi connectivity index (χ3v) is 3.96. The molecule has 4 heteroatoms. The van der Waals surface area contributed by atoms with Crippen molar-refractivity contribution in [1.82, 2.24) is 0 Å². The monoisotopic (exact) mass is 230 g/mol. The highest BCUT2D eigenvalue weighted by atomic mass is 32.1. The van der Waals surface area contributed by atoms with E-state index in [0.29, 0.717) is 0 Å². The van der Waals surface area contributed by atoms with Crippen LogP contribution in [0.4, 0.5) is 0 Å². The van der Waals surface area contributed by atoms with Crippen LogP contribution in [0.5, 0.6) is 0 Å². The van der Waals surface area contributed by atoms with Crippen LogP contribution in [-0.2, 0) is 0 Å². The molecule has 2 aliphatic rings. The normalized spacial score (nSPS) is 21.7. The Kier molecular flexibility index (Phi) is 2.19. The Bertz CT molecular complexity index is 382. The topological polar surface area (TPSA) is 0 Å². The van der Waals surface area contributed by atoms with Gasteiger partial charge < -0.3 is 0 Å². The van der Waals surface area contributed by atoms with Crippen molar-refractivity contribution in [2.45, 2.75) is 0 Å². The molecule has 0 heterocycles. The molecular weight excluding hydrogens is 224 g/mol. The molecule has 62 valence electrons. The molecule has 0 nitrogen and oxygen atoms in total. The molecule has 2 rings (SSSR count). The van der Waals surface area contributed by atoms with E-state index in [2.05, 4.69) is 50.5 Å². The van der Waals surface area contributed by atoms with Crippen molar-refractivity contribution in [1.29, 1.82) is 0 Å². The quantitative estimate of drug-likeness (QED) is 0.452. The maximum absolute atomic E-state index is 4.35. The summed E-state index contributed by atoms with van der Waals surface area (Å²) in [4.78, 5) is 3.53. The van der Waals surface area contributed by atoms with E-state index in [1.807, 2.05) is 12.2 Å². The van der Waals surface area contributed by atoms with Gasteiger partial charge in [-0.15, -0.1) is 50.5 Å². The Labute approximate surface area is 93.1 Å². The van der Waals surface area contributed by atoms with Gasteiger partial charge in [0.05, 0.1) is 0 Å². The molecule has 0 N–H and O–H groups in total. The van der Waals surface area contributed by atoms with E-state index in [0.717, 1.165) is 30.8 Å². The van der Waals surface area contributed by atoms with Gasteiger partial charge in [0, 0.05) is 25.2 Å². The SMILES string of the molecule is SC1=CC=C2C(S)=C(S)C(S)=C12. The summed E-state index contributed by atoms with van der Waals surface area (Å²) < 4.78 is 0. The summed E-state index contributed by atoms with van der Waals surface area (Å²) in [6, 6.07) is 0. The number of fused-ring (bicyclic) bond motifs is 1. The molecule has 0 bridgehead atoms. The Hall–Kier alpha value is 0.360. The van der Waals surface area contributed by atoms with E-state index >= 15 is 0 Å². The number of rotatable bonds is 0. The highest BCUT2D eigenvalue weighted by Gasteiger charge is 2.27. The van der Waals surface area contributed by atoms with Crippen LogP contribution in [0.2, 0.25) is 0 Å². The smallest absolute Gasteiger partial charge is 0.0321 e. The average molecular weight is 230 g/mol. The van der Waals surface area contributed by atoms with Gasteiger partial charge in [-0.1, -0.05) is 6.08 Å². The highest BCUT2D eigenvalue weighted by molar-refractivity contribution is 7.92. The summed E-state index contributed by atoms with van der Waals surface area (Å²) in [7, 11) is 0. The second-order valence-electron chi connectivity index (χ2n) is 2.55. The minimum absolute atomic E-state index is 0.836. The van der Waals surface area contributed by atoms with Gasteiger partial charge in [0.1, 0.15) is 0 Å². The fourth-order valence-corrected chi connectivity index (χ4v) is 2.64. The molecule has 0 aliphatic heterocycles. The summed E-state index contributed by atoms with van der Waals surface area (Å²) in [5.74, 6) is 0. The molecule has 12 heavy (non-hydrogen) atoms. The molecule has 2 aliphatic carbocycles. The first-order valence-electron chi connectivity index (χ1n) is 3.31. The summed E-state index contributed by atoms with van der Waals surface area (Å²) >= 11 is 17.3. The van der Waals surface area contributed by atoms with Crippen LogP contribution in [-0.4, -0.2) is 0 Å². The zero-order valence-electron chi connectivity index (χ0n) is 5.94. The van der Waals surface area contributed by atoms with Gasteiger partial charge in [0.15, 0.2) is 0 Å². The lowest BCUT2D eigenvalue weighted by Gasteiger charge is -1.99. The van der Waals surface area contributed by atoms with Crippen LogP contribution in [0.15, 0.2) is 42.9 Å². The zero-order valence-corrected chi connectivity index (χ0v) is 9.52. The van der Waals surface area contributed by atoms with Gasteiger partial charge in [-0.2, -0.15) is 0 Å². The van der Waals surface area contributed by atoms with Gasteiger partial charge in [0.2, 0.25) is 0 Å². The molecule has 0 unspecified atom stereocenters. The van der Waals surface area contributed by atoms with Crippen LogP contribution in [0.1, 0.15) is 0 Å². The van der Waals surface area contributed by atoms with Crippen molar-refractivity contribution in [2.75, 3.05) is 0 Å². The van der Waals surface area contributed by atoms with Crippen molar-refractivity contribution >= 4 is 50.5 Å². The van der Waals surface area contributed by atoms with E-state index in [-0.39, 0.29) is 0 Å². The van der Waals surface area contributed by atoms with Crippen molar-refractivity contribution < 1.29 is 0 Å². The number of hydrogen-bond acceptors (Lipinski definition) is 4. The summed E-state index contributed by atoms with van der Waals surface area (Å²) in [6.45, 7) is 0. The van der Waals surface area contributed by atoms with Crippen molar-refractivity contribution in [3.8, 4) is 0 Å². The third-order valence-electron chi connectivity index (χ3n) is 1.87. The van der Waals surface area contributed by atoms with Gasteiger partial charge in [-0.05, 0) is 11.6 Å². The van der Waals surface area contributed by atoms with Crippen LogP contribution < -0.4 is 0 Å². The minimum atomic E-state index is 0.836. The standard InChI is InChI=1S/C8H6S4/c9-4-2-1-3-5(4)7(11)8(12)6(3)10/h1-2,9-12H. The molecule has 0 amide bonds. The first-order valence-corrected chi connectivity index (χ1v) is 5.09. The number of thiol groups is 4. The Morgan fingerprint density at radius 3 is 2.00 bits per heavy atom. The second-order valence-corrected chi connectivity index (χ2v) is 4.38. The molecule has 0 fully saturated rings. The van der Waals surface area contributed by atoms with E-state index in [9.17, 15) is 0 Å². The Balaban J connectivity index is 2.64. The number of allylic oxidation sites excluding steroid dienone is 4. The van der Waals surface area contributed by atoms with Crippen LogP contribution in [0.25, 0.3) is 0 Å². The molecule has 0 saturated carbocycles. The van der Waals surface area contributed by atoms with Gasteiger partial charge in [-0.25, -0.2) is 0 Å². The lowest BCUT2D eigenvalue weighted by atomic mass is 10.2. The van der Waals surface area contributed by atoms with Gasteiger partial charge >= 0.3 is 0 Å². The van der Waals surface area contributed by atoms with Crippen LogP contribution in [0.3, 0.4) is 0 Å². The van der Waals surface area contributed by atoms with Crippen LogP contribution >= 0.6 is 50.5 Å². The molecule has 0 radical (unpaired) electrons. The van der Waals surface area contributed by atoms with E-state index in [1.54, 1.807) is 0 Å². The molecular formula is C8H6S4. The lowest BCUT2D eigenvalue weighted by Crippen LogP contribution is -1.79. The summed E-state index contributed by atoms with van der Waals surface area (Å²) in [6.07, 6.45) is 3.93. The predicted molar refractivity (Wildman–Crippen MR) is 66.2 cm³/mol. The third kappa shape index (κ3) is 1.05. The van der Waals surface area contributed by atoms with Gasteiger partial charge in [-0.3, -0.25) is 0 Å². The Morgan fingerprint density at radius 2 is 1.42 bits per heavy atom. The van der Waals surface area contributed by atoms with Crippen molar-refractivity contribution in [3.05, 3.63) is 42.9 Å². The fraction of sp³-hybridized carbons (Fsp3) is 0. The van der Waals surface area contributed by atoms with E-state index in [1.165, 1.54) is 0 Å². The average Bonchev–Trinajstić information content (AvgIpc) is 2.51. The van der Waals surface area contributed by atoms with Crippen molar-refractivity contribution in [2.24, 2.45) is 0 Å². The molecule has 0 spiro atoms. The number of hydrogen-bond donors (Lipinski definition) is 4. The zero-order chi connectivity index (χ0) is 8.88. The van der Waals surface area contributed by atoms with Gasteiger partial charge in [0.25, 0.3) is 0 Å². The molecule has 0 aromatic carbocycles. The fourth-order valence-electron chi connectivity index (χ4n) is 1.27. The maximum Gasteiger partial charge on any atom is 0.0321 e. The second kappa shape index (κ2) is 2.94. The molecule has 0 saturated heterocycles. The largest absolute Gasteiger partial charge is 0.143 e. The minimum Gasteiger partial charge on any atom is -0.143 e. The molecule has 0 atom stereocenters. The van der Waals surface area contributed by atoms with Crippen molar-refractivity contribution in [3.63, 3.8) is 0 Å². The predicted octanol–water partition coefficient (Wildman–Crippen LogP) is 3.01. The first-order chi connectivity index (χ1) is 5.63. The summed E-state index contributed by atoms with van der Waals surface area (Å²) in [5, 5.41) is 0. The maximum atomic E-state index is 4.35. The molecule has 0 aromatic heterocycles. The lowest BCUT2D eigenvalue weighted by molar-refractivity contribution is 1.64. The van der Waals surface area contributed by atoms with E-state index < -0.39 is 0 Å². The van der Waals surface area contributed by atoms with E-state index in [4.69, 9.17) is 0 Å². The summed E-state index contributed by atoms with van der Waals surface area (Å²) in [5.41, 5.74) is 2.13. The molecule has 0 aromatic rings. The first kappa shape index (κ1) is 8.94. The van der Waals surface area contributed by atoms with Crippen LogP contribution in [0, 0.1) is 0 Å². The Morgan fingerprint density at radius 1 is 0.750 bits per heavy atom. The highest BCUT2D eigenvalue weighted by Crippen LogP contribution is 2.48.